The number of hydrogen-bond donors (Lipinski definition) is 3. The fourth-order valence-corrected chi connectivity index (χ4v) is 2.40. The largest absolute Gasteiger partial charge is 0.507 e. The number of aliphatic hydroxyl groups excluding tert-OH is 1. The summed E-state index contributed by atoms with van der Waals surface area (Å²) in [5.74, 6) is 0.196. The summed E-state index contributed by atoms with van der Waals surface area (Å²) < 4.78 is 5.02. The molecule has 0 bridgehead atoms. The summed E-state index contributed by atoms with van der Waals surface area (Å²) in [6.07, 6.45) is 2.38. The number of ether oxygens (including phenoxy) is 1. The molecule has 1 fully saturated rings. The molecular formula is C14H19NO4. The van der Waals surface area contributed by atoms with Crippen LogP contribution in [0.5, 0.6) is 11.5 Å². The molecule has 1 aliphatic carbocycles. The van der Waals surface area contributed by atoms with Crippen LogP contribution in [0.2, 0.25) is 0 Å². The fraction of sp³-hybridized carbons (Fsp3) is 0.500. The molecule has 2 unspecified atom stereocenters. The molecule has 2 rings (SSSR count). The van der Waals surface area contributed by atoms with Crippen LogP contribution in [0.3, 0.4) is 0 Å². The van der Waals surface area contributed by atoms with Gasteiger partial charge in [-0.3, -0.25) is 4.79 Å². The van der Waals surface area contributed by atoms with Crippen molar-refractivity contribution < 1.29 is 19.7 Å². The average Bonchev–Trinajstić information content (AvgIpc) is 2.82. The van der Waals surface area contributed by atoms with Gasteiger partial charge in [-0.2, -0.15) is 0 Å². The van der Waals surface area contributed by atoms with Crippen molar-refractivity contribution in [3.63, 3.8) is 0 Å². The van der Waals surface area contributed by atoms with Crippen molar-refractivity contribution in [3.8, 4) is 11.5 Å². The number of nitrogens with one attached hydrogen (secondary N) is 1. The highest BCUT2D eigenvalue weighted by Gasteiger charge is 2.25. The van der Waals surface area contributed by atoms with E-state index in [-0.39, 0.29) is 29.2 Å². The Kier molecular flexibility index (Phi) is 4.27. The summed E-state index contributed by atoms with van der Waals surface area (Å²) in [6, 6.07) is 4.51. The average molecular weight is 265 g/mol. The minimum atomic E-state index is -0.351. The molecule has 0 spiro atoms. The molecular weight excluding hydrogens is 246 g/mol. The number of carbonyl (C=O) groups excluding carboxylic acids is 1. The molecule has 1 aliphatic rings. The van der Waals surface area contributed by atoms with Crippen LogP contribution in [0.4, 0.5) is 0 Å². The number of phenolic OH excluding ortho intramolecular Hbond substituents is 1. The van der Waals surface area contributed by atoms with Crippen LogP contribution in [-0.4, -0.2) is 35.9 Å². The van der Waals surface area contributed by atoms with E-state index in [2.05, 4.69) is 5.32 Å². The van der Waals surface area contributed by atoms with Gasteiger partial charge in [-0.25, -0.2) is 0 Å². The van der Waals surface area contributed by atoms with E-state index in [1.165, 1.54) is 19.2 Å². The Balaban J connectivity index is 1.99. The van der Waals surface area contributed by atoms with E-state index in [1.54, 1.807) is 6.07 Å². The topological polar surface area (TPSA) is 78.8 Å². The van der Waals surface area contributed by atoms with Crippen molar-refractivity contribution in [2.75, 3.05) is 13.7 Å². The molecule has 0 aliphatic heterocycles. The highest BCUT2D eigenvalue weighted by Crippen LogP contribution is 2.26. The second kappa shape index (κ2) is 5.93. The Morgan fingerprint density at radius 1 is 1.47 bits per heavy atom. The molecule has 3 N–H and O–H groups in total. The predicted molar refractivity (Wildman–Crippen MR) is 70.3 cm³/mol. The van der Waals surface area contributed by atoms with Crippen LogP contribution in [-0.2, 0) is 0 Å². The molecule has 1 aromatic carbocycles. The Morgan fingerprint density at radius 3 is 2.89 bits per heavy atom. The monoisotopic (exact) mass is 265 g/mol. The van der Waals surface area contributed by atoms with Gasteiger partial charge in [0.05, 0.1) is 18.8 Å². The lowest BCUT2D eigenvalue weighted by molar-refractivity contribution is 0.0914. The molecule has 0 aromatic heterocycles. The Hall–Kier alpha value is -1.75. The van der Waals surface area contributed by atoms with Gasteiger partial charge in [0, 0.05) is 12.5 Å². The number of methoxy groups -OCH3 is 1. The quantitative estimate of drug-likeness (QED) is 0.766. The zero-order chi connectivity index (χ0) is 13.8. The van der Waals surface area contributed by atoms with Crippen LogP contribution >= 0.6 is 0 Å². The summed E-state index contributed by atoms with van der Waals surface area (Å²) in [5.41, 5.74) is 0.187. The third-order valence-electron chi connectivity index (χ3n) is 3.59. The lowest BCUT2D eigenvalue weighted by Gasteiger charge is -2.15. The van der Waals surface area contributed by atoms with Crippen molar-refractivity contribution in [2.24, 2.45) is 5.92 Å². The molecule has 104 valence electrons. The van der Waals surface area contributed by atoms with Gasteiger partial charge in [-0.05, 0) is 31.0 Å². The highest BCUT2D eigenvalue weighted by molar-refractivity contribution is 5.97. The first-order valence-corrected chi connectivity index (χ1v) is 6.45. The third-order valence-corrected chi connectivity index (χ3v) is 3.59. The first-order chi connectivity index (χ1) is 9.11. The zero-order valence-corrected chi connectivity index (χ0v) is 10.9. The van der Waals surface area contributed by atoms with E-state index in [0.717, 1.165) is 19.3 Å². The molecule has 1 saturated carbocycles. The molecule has 5 heteroatoms. The maximum absolute atomic E-state index is 12.0. The van der Waals surface area contributed by atoms with Crippen LogP contribution < -0.4 is 10.1 Å². The first kappa shape index (κ1) is 13.7. The number of carbonyl (C=O) groups is 1. The molecule has 0 saturated heterocycles. The highest BCUT2D eigenvalue weighted by atomic mass is 16.5. The Bertz CT molecular complexity index is 461. The van der Waals surface area contributed by atoms with Crippen molar-refractivity contribution in [2.45, 2.75) is 25.4 Å². The van der Waals surface area contributed by atoms with Crippen LogP contribution in [0.1, 0.15) is 29.6 Å². The summed E-state index contributed by atoms with van der Waals surface area (Å²) >= 11 is 0. The van der Waals surface area contributed by atoms with E-state index in [4.69, 9.17) is 4.74 Å². The van der Waals surface area contributed by atoms with E-state index in [0.29, 0.717) is 12.3 Å². The predicted octanol–water partition coefficient (Wildman–Crippen LogP) is 1.29. The van der Waals surface area contributed by atoms with Gasteiger partial charge in [0.25, 0.3) is 5.91 Å². The molecule has 5 nitrogen and oxygen atoms in total. The summed E-state index contributed by atoms with van der Waals surface area (Å²) in [4.78, 5) is 12.0. The SMILES string of the molecule is COc1ccc(O)c(C(=O)NCC2CCCC2O)c1. The van der Waals surface area contributed by atoms with Gasteiger partial charge in [-0.1, -0.05) is 6.42 Å². The lowest BCUT2D eigenvalue weighted by atomic mass is 10.1. The second-order valence-electron chi connectivity index (χ2n) is 4.85. The Morgan fingerprint density at radius 2 is 2.26 bits per heavy atom. The second-order valence-corrected chi connectivity index (χ2v) is 4.85. The number of amides is 1. The number of rotatable bonds is 4. The van der Waals surface area contributed by atoms with E-state index in [9.17, 15) is 15.0 Å². The standard InChI is InChI=1S/C14H19NO4/c1-19-10-5-6-13(17)11(7-10)14(18)15-8-9-3-2-4-12(9)16/h5-7,9,12,16-17H,2-4,8H2,1H3,(H,15,18). The number of aliphatic hydroxyl groups is 1. The first-order valence-electron chi connectivity index (χ1n) is 6.45. The number of aromatic hydroxyl groups is 1. The van der Waals surface area contributed by atoms with Crippen LogP contribution in [0.25, 0.3) is 0 Å². The molecule has 2 atom stereocenters. The minimum Gasteiger partial charge on any atom is -0.507 e. The Labute approximate surface area is 112 Å². The number of phenols is 1. The molecule has 0 heterocycles. The van der Waals surface area contributed by atoms with E-state index in [1.807, 2.05) is 0 Å². The normalized spacial score (nSPS) is 22.2. The van der Waals surface area contributed by atoms with Gasteiger partial charge in [0.2, 0.25) is 0 Å². The summed E-state index contributed by atoms with van der Waals surface area (Å²) in [6.45, 7) is 0.427. The van der Waals surface area contributed by atoms with Gasteiger partial charge in [0.1, 0.15) is 11.5 Å². The molecule has 0 radical (unpaired) electrons. The number of benzene rings is 1. The lowest BCUT2D eigenvalue weighted by Crippen LogP contribution is -2.32. The van der Waals surface area contributed by atoms with Gasteiger partial charge in [0.15, 0.2) is 0 Å². The maximum atomic E-state index is 12.0. The van der Waals surface area contributed by atoms with Crippen molar-refractivity contribution >= 4 is 5.91 Å². The van der Waals surface area contributed by atoms with Crippen LogP contribution in [0.15, 0.2) is 18.2 Å². The number of hydrogen-bond acceptors (Lipinski definition) is 4. The minimum absolute atomic E-state index is 0.0785. The van der Waals surface area contributed by atoms with E-state index >= 15 is 0 Å². The van der Waals surface area contributed by atoms with Gasteiger partial charge in [-0.15, -0.1) is 0 Å². The van der Waals surface area contributed by atoms with Crippen LogP contribution in [0, 0.1) is 5.92 Å². The molecule has 1 amide bonds. The zero-order valence-electron chi connectivity index (χ0n) is 10.9. The van der Waals surface area contributed by atoms with Gasteiger partial charge < -0.3 is 20.3 Å². The van der Waals surface area contributed by atoms with Crippen molar-refractivity contribution in [1.29, 1.82) is 0 Å². The summed E-state index contributed by atoms with van der Waals surface area (Å²) in [5, 5.41) is 22.1. The molecule has 1 aromatic rings. The molecule has 19 heavy (non-hydrogen) atoms. The smallest absolute Gasteiger partial charge is 0.255 e. The fourth-order valence-electron chi connectivity index (χ4n) is 2.40. The van der Waals surface area contributed by atoms with E-state index < -0.39 is 0 Å². The maximum Gasteiger partial charge on any atom is 0.255 e. The van der Waals surface area contributed by atoms with Gasteiger partial charge >= 0.3 is 0 Å². The van der Waals surface area contributed by atoms with Crippen molar-refractivity contribution in [1.82, 2.24) is 5.32 Å². The third kappa shape index (κ3) is 3.17. The summed E-state index contributed by atoms with van der Waals surface area (Å²) in [7, 11) is 1.50. The van der Waals surface area contributed by atoms with Crippen molar-refractivity contribution in [3.05, 3.63) is 23.8 Å².